The number of hydrogen-bond donors (Lipinski definition) is 2. The molecule has 0 atom stereocenters. The van der Waals surface area contributed by atoms with E-state index >= 15 is 0 Å². The third-order valence-corrected chi connectivity index (χ3v) is 3.29. The minimum atomic E-state index is -1.01. The molecular formula is C15H21BO2. The fourth-order valence-electron chi connectivity index (χ4n) is 1.31. The maximum absolute atomic E-state index is 9.10. The molecule has 0 spiro atoms. The minimum absolute atomic E-state index is 0.927. The third kappa shape index (κ3) is 4.00. The molecule has 0 aliphatic heterocycles. The molecule has 3 heteroatoms. The summed E-state index contributed by atoms with van der Waals surface area (Å²) >= 11 is 0. The maximum atomic E-state index is 9.10. The number of rotatable bonds is 1. The summed E-state index contributed by atoms with van der Waals surface area (Å²) in [6.07, 6.45) is 2.96. The highest BCUT2D eigenvalue weighted by Gasteiger charge is 2.31. The van der Waals surface area contributed by atoms with E-state index in [0.717, 1.165) is 11.9 Å². The van der Waals surface area contributed by atoms with Crippen molar-refractivity contribution in [2.45, 2.75) is 45.3 Å². The lowest BCUT2D eigenvalue weighted by Gasteiger charge is -2.31. The van der Waals surface area contributed by atoms with Crippen LogP contribution in [0.3, 0.4) is 0 Å². The van der Waals surface area contributed by atoms with Crippen molar-refractivity contribution in [3.63, 3.8) is 0 Å². The molecule has 0 saturated carbocycles. The molecule has 0 amide bonds. The Kier molecular flexibility index (Phi) is 4.41. The van der Waals surface area contributed by atoms with Crippen molar-refractivity contribution < 1.29 is 10.2 Å². The predicted octanol–water partition coefficient (Wildman–Crippen LogP) is 2.28. The van der Waals surface area contributed by atoms with Gasteiger partial charge in [0.2, 0.25) is 0 Å². The summed E-state index contributed by atoms with van der Waals surface area (Å²) in [5, 5.41) is 18.2. The Morgan fingerprint density at radius 1 is 1.00 bits per heavy atom. The summed E-state index contributed by atoms with van der Waals surface area (Å²) in [6, 6.07) is 8.29. The molecule has 1 aliphatic carbocycles. The summed E-state index contributed by atoms with van der Waals surface area (Å²) in [5.41, 5.74) is 1.58. The van der Waals surface area contributed by atoms with Gasteiger partial charge in [-0.15, -0.1) is 5.47 Å². The van der Waals surface area contributed by atoms with Gasteiger partial charge in [0, 0.05) is 0 Å². The summed E-state index contributed by atoms with van der Waals surface area (Å²) < 4.78 is 0. The first kappa shape index (κ1) is 15.0. The van der Waals surface area contributed by atoms with Crippen LogP contribution in [-0.2, 0) is 6.42 Å². The Balaban J connectivity index is 0.000000187. The quantitative estimate of drug-likeness (QED) is 0.744. The lowest BCUT2D eigenvalue weighted by atomic mass is 9.90. The molecule has 2 rings (SSSR count). The van der Waals surface area contributed by atoms with Crippen molar-refractivity contribution in [1.29, 1.82) is 0 Å². The van der Waals surface area contributed by atoms with Crippen LogP contribution >= 0.6 is 0 Å². The van der Waals surface area contributed by atoms with E-state index in [0.29, 0.717) is 0 Å². The fraction of sp³-hybridized carbons (Fsp3) is 0.467. The van der Waals surface area contributed by atoms with E-state index in [2.05, 4.69) is 12.1 Å². The molecule has 0 fully saturated rings. The number of benzene rings is 1. The summed E-state index contributed by atoms with van der Waals surface area (Å²) in [4.78, 5) is 0. The molecule has 1 aromatic rings. The Morgan fingerprint density at radius 2 is 1.50 bits per heavy atom. The molecule has 0 saturated heterocycles. The first-order chi connectivity index (χ1) is 8.11. The third-order valence-electron chi connectivity index (χ3n) is 3.29. The molecule has 2 radical (unpaired) electrons. The van der Waals surface area contributed by atoms with E-state index in [1.165, 1.54) is 11.1 Å². The molecule has 1 aliphatic rings. The average Bonchev–Trinajstić information content (AvgIpc) is 2.55. The van der Waals surface area contributed by atoms with E-state index in [1.54, 1.807) is 27.7 Å². The highest BCUT2D eigenvalue weighted by Crippen LogP contribution is 2.22. The summed E-state index contributed by atoms with van der Waals surface area (Å²) in [6.45, 7) is 6.31. The second-order valence-corrected chi connectivity index (χ2v) is 5.71. The maximum Gasteiger partial charge on any atom is 0.108 e. The minimum Gasteiger partial charge on any atom is -0.387 e. The fourth-order valence-corrected chi connectivity index (χ4v) is 1.31. The Labute approximate surface area is 111 Å². The van der Waals surface area contributed by atoms with Crippen LogP contribution in [0, 0.1) is 0 Å². The molecule has 18 heavy (non-hydrogen) atoms. The number of aliphatic hydroxyl groups is 2. The number of fused-ring (bicyclic) bond motifs is 1. The number of allylic oxidation sites excluding steroid dienone is 1. The van der Waals surface area contributed by atoms with Gasteiger partial charge in [0.15, 0.2) is 0 Å². The Bertz CT molecular complexity index is 425. The van der Waals surface area contributed by atoms with Gasteiger partial charge in [-0.1, -0.05) is 30.3 Å². The zero-order chi connectivity index (χ0) is 14.0. The van der Waals surface area contributed by atoms with Crippen LogP contribution in [0.25, 0.3) is 6.08 Å². The van der Waals surface area contributed by atoms with Crippen molar-refractivity contribution in [3.05, 3.63) is 40.9 Å². The highest BCUT2D eigenvalue weighted by atomic mass is 16.3. The van der Waals surface area contributed by atoms with Gasteiger partial charge in [-0.05, 0) is 45.2 Å². The zero-order valence-corrected chi connectivity index (χ0v) is 11.6. The molecule has 0 aromatic heterocycles. The van der Waals surface area contributed by atoms with Gasteiger partial charge < -0.3 is 10.2 Å². The largest absolute Gasteiger partial charge is 0.387 e. The Hall–Kier alpha value is -1.06. The van der Waals surface area contributed by atoms with Crippen molar-refractivity contribution in [3.8, 4) is 0 Å². The zero-order valence-electron chi connectivity index (χ0n) is 11.6. The molecule has 1 aromatic carbocycles. The van der Waals surface area contributed by atoms with E-state index in [-0.39, 0.29) is 0 Å². The predicted molar refractivity (Wildman–Crippen MR) is 76.5 cm³/mol. The molecule has 0 bridgehead atoms. The van der Waals surface area contributed by atoms with Gasteiger partial charge in [0.25, 0.3) is 0 Å². The smallest absolute Gasteiger partial charge is 0.108 e. The molecule has 0 heterocycles. The normalized spacial score (nSPS) is 14.4. The van der Waals surface area contributed by atoms with Crippen molar-refractivity contribution in [2.75, 3.05) is 0 Å². The first-order valence-electron chi connectivity index (χ1n) is 6.10. The van der Waals surface area contributed by atoms with E-state index in [4.69, 9.17) is 18.1 Å². The molecular weight excluding hydrogens is 223 g/mol. The van der Waals surface area contributed by atoms with Crippen LogP contribution in [-0.4, -0.2) is 29.3 Å². The van der Waals surface area contributed by atoms with Crippen LogP contribution in [0.15, 0.2) is 29.7 Å². The highest BCUT2D eigenvalue weighted by molar-refractivity contribution is 6.24. The SMILES string of the molecule is CC(C)(O)C(C)(C)O.[B]C1=Cc2ccccc2C1. The molecule has 0 unspecified atom stereocenters. The van der Waals surface area contributed by atoms with Crippen LogP contribution in [0.1, 0.15) is 38.8 Å². The van der Waals surface area contributed by atoms with Crippen LogP contribution in [0.4, 0.5) is 0 Å². The van der Waals surface area contributed by atoms with Gasteiger partial charge in [-0.3, -0.25) is 0 Å². The molecule has 2 nitrogen and oxygen atoms in total. The van der Waals surface area contributed by atoms with E-state index in [9.17, 15) is 0 Å². The average molecular weight is 244 g/mol. The van der Waals surface area contributed by atoms with Crippen LogP contribution < -0.4 is 0 Å². The lowest BCUT2D eigenvalue weighted by molar-refractivity contribution is -0.107. The second kappa shape index (κ2) is 5.29. The van der Waals surface area contributed by atoms with E-state index < -0.39 is 11.2 Å². The van der Waals surface area contributed by atoms with Crippen molar-refractivity contribution in [1.82, 2.24) is 0 Å². The van der Waals surface area contributed by atoms with Gasteiger partial charge in [-0.25, -0.2) is 0 Å². The van der Waals surface area contributed by atoms with Crippen molar-refractivity contribution >= 4 is 13.9 Å². The van der Waals surface area contributed by atoms with Crippen LogP contribution in [0.5, 0.6) is 0 Å². The molecule has 96 valence electrons. The van der Waals surface area contributed by atoms with Crippen molar-refractivity contribution in [2.24, 2.45) is 0 Å². The second-order valence-electron chi connectivity index (χ2n) is 5.71. The topological polar surface area (TPSA) is 40.5 Å². The monoisotopic (exact) mass is 244 g/mol. The lowest BCUT2D eigenvalue weighted by Crippen LogP contribution is -2.44. The molecule has 2 N–H and O–H groups in total. The summed E-state index contributed by atoms with van der Waals surface area (Å²) in [7, 11) is 5.65. The summed E-state index contributed by atoms with van der Waals surface area (Å²) in [5.74, 6) is 0. The standard InChI is InChI=1S/C9H7B.C6H14O2/c10-9-5-7-3-1-2-4-8(7)6-9;1-5(2,7)6(3,4)8/h1-5H,6H2;7-8H,1-4H3. The first-order valence-corrected chi connectivity index (χ1v) is 6.10. The van der Waals surface area contributed by atoms with Gasteiger partial charge >= 0.3 is 0 Å². The number of hydrogen-bond acceptors (Lipinski definition) is 2. The van der Waals surface area contributed by atoms with Gasteiger partial charge in [0.05, 0.1) is 11.2 Å². The van der Waals surface area contributed by atoms with Gasteiger partial charge in [0.1, 0.15) is 7.85 Å². The Morgan fingerprint density at radius 3 is 1.94 bits per heavy atom. The van der Waals surface area contributed by atoms with Crippen LogP contribution in [0.2, 0.25) is 0 Å². The van der Waals surface area contributed by atoms with E-state index in [1.807, 2.05) is 18.2 Å². The van der Waals surface area contributed by atoms with Gasteiger partial charge in [-0.2, -0.15) is 0 Å².